The SMILES string of the molecule is CCc1nc([C@@H](C)NCc2nc3ccccc3c(=O)n2C)cs1. The number of aromatic nitrogens is 3. The lowest BCUT2D eigenvalue weighted by Crippen LogP contribution is -2.27. The van der Waals surface area contributed by atoms with Gasteiger partial charge in [-0.05, 0) is 25.5 Å². The van der Waals surface area contributed by atoms with Crippen molar-refractivity contribution in [3.8, 4) is 0 Å². The molecule has 3 rings (SSSR count). The van der Waals surface area contributed by atoms with Crippen LogP contribution in [0.15, 0.2) is 34.4 Å². The van der Waals surface area contributed by atoms with Crippen LogP contribution in [0, 0.1) is 0 Å². The lowest BCUT2D eigenvalue weighted by molar-refractivity contribution is 0.534. The van der Waals surface area contributed by atoms with Crippen LogP contribution in [0.2, 0.25) is 0 Å². The Balaban J connectivity index is 1.81. The third kappa shape index (κ3) is 3.18. The second-order valence-corrected chi connectivity index (χ2v) is 6.47. The largest absolute Gasteiger partial charge is 0.302 e. The predicted octanol–water partition coefficient (Wildman–Crippen LogP) is 2.80. The molecule has 0 spiro atoms. The van der Waals surface area contributed by atoms with Gasteiger partial charge in [-0.2, -0.15) is 0 Å². The number of nitrogens with zero attached hydrogens (tertiary/aromatic N) is 3. The van der Waals surface area contributed by atoms with Gasteiger partial charge >= 0.3 is 0 Å². The summed E-state index contributed by atoms with van der Waals surface area (Å²) in [6, 6.07) is 7.56. The molecule has 0 aliphatic heterocycles. The molecule has 23 heavy (non-hydrogen) atoms. The fourth-order valence-corrected chi connectivity index (χ4v) is 3.30. The predicted molar refractivity (Wildman–Crippen MR) is 93.7 cm³/mol. The maximum atomic E-state index is 12.4. The van der Waals surface area contributed by atoms with Crippen LogP contribution in [0.4, 0.5) is 0 Å². The van der Waals surface area contributed by atoms with Crippen LogP contribution in [-0.4, -0.2) is 14.5 Å². The van der Waals surface area contributed by atoms with Crippen LogP contribution in [0.25, 0.3) is 10.9 Å². The minimum Gasteiger partial charge on any atom is -0.302 e. The van der Waals surface area contributed by atoms with E-state index in [1.807, 2.05) is 24.3 Å². The Labute approximate surface area is 139 Å². The molecule has 2 heterocycles. The molecule has 0 radical (unpaired) electrons. The molecule has 0 amide bonds. The van der Waals surface area contributed by atoms with E-state index in [2.05, 4.69) is 34.5 Å². The van der Waals surface area contributed by atoms with Crippen LogP contribution in [0.1, 0.15) is 36.4 Å². The van der Waals surface area contributed by atoms with E-state index in [0.29, 0.717) is 11.9 Å². The first-order valence-corrected chi connectivity index (χ1v) is 8.60. The van der Waals surface area contributed by atoms with Gasteiger partial charge in [-0.1, -0.05) is 19.1 Å². The summed E-state index contributed by atoms with van der Waals surface area (Å²) in [5.74, 6) is 0.728. The van der Waals surface area contributed by atoms with Crippen molar-refractivity contribution in [1.82, 2.24) is 19.9 Å². The smallest absolute Gasteiger partial charge is 0.261 e. The lowest BCUT2D eigenvalue weighted by Gasteiger charge is -2.14. The Hall–Kier alpha value is -2.05. The van der Waals surface area contributed by atoms with E-state index in [1.54, 1.807) is 23.0 Å². The first-order valence-electron chi connectivity index (χ1n) is 7.72. The average Bonchev–Trinajstić information content (AvgIpc) is 3.06. The number of hydrogen-bond donors (Lipinski definition) is 1. The molecule has 1 atom stereocenters. The molecule has 0 saturated heterocycles. The summed E-state index contributed by atoms with van der Waals surface area (Å²) < 4.78 is 1.61. The van der Waals surface area contributed by atoms with Gasteiger partial charge in [-0.25, -0.2) is 9.97 Å². The standard InChI is InChI=1S/C17H20N4OS/c1-4-16-20-14(10-23-16)11(2)18-9-15-19-13-8-6-5-7-12(13)17(22)21(15)3/h5-8,10-11,18H,4,9H2,1-3H3/t11-/m1/s1. The number of thiazole rings is 1. The van der Waals surface area contributed by atoms with Crippen molar-refractivity contribution < 1.29 is 0 Å². The Morgan fingerprint density at radius 1 is 1.30 bits per heavy atom. The number of rotatable bonds is 5. The van der Waals surface area contributed by atoms with Crippen LogP contribution in [0.3, 0.4) is 0 Å². The molecule has 0 aliphatic carbocycles. The van der Waals surface area contributed by atoms with Crippen molar-refractivity contribution in [1.29, 1.82) is 0 Å². The van der Waals surface area contributed by atoms with E-state index >= 15 is 0 Å². The van der Waals surface area contributed by atoms with Crippen molar-refractivity contribution in [2.75, 3.05) is 0 Å². The zero-order chi connectivity index (χ0) is 16.4. The fraction of sp³-hybridized carbons (Fsp3) is 0.353. The van der Waals surface area contributed by atoms with Crippen LogP contribution >= 0.6 is 11.3 Å². The van der Waals surface area contributed by atoms with Gasteiger partial charge < -0.3 is 5.32 Å². The Morgan fingerprint density at radius 2 is 2.09 bits per heavy atom. The fourth-order valence-electron chi connectivity index (χ4n) is 2.46. The molecule has 6 heteroatoms. The highest BCUT2D eigenvalue weighted by Crippen LogP contribution is 2.17. The third-order valence-corrected chi connectivity index (χ3v) is 4.97. The Kier molecular flexibility index (Phi) is 4.54. The number of hydrogen-bond acceptors (Lipinski definition) is 5. The summed E-state index contributed by atoms with van der Waals surface area (Å²) in [5, 5.41) is 7.29. The number of fused-ring (bicyclic) bond motifs is 1. The monoisotopic (exact) mass is 328 g/mol. The first kappa shape index (κ1) is 15.8. The Morgan fingerprint density at radius 3 is 2.83 bits per heavy atom. The van der Waals surface area contributed by atoms with Crippen molar-refractivity contribution in [2.24, 2.45) is 7.05 Å². The molecule has 120 valence electrons. The highest BCUT2D eigenvalue weighted by atomic mass is 32.1. The summed E-state index contributed by atoms with van der Waals surface area (Å²) in [6.07, 6.45) is 0.956. The molecule has 0 aliphatic rings. The van der Waals surface area contributed by atoms with Gasteiger partial charge in [0.1, 0.15) is 5.82 Å². The minimum absolute atomic E-state index is 0.0121. The lowest BCUT2D eigenvalue weighted by atomic mass is 10.2. The topological polar surface area (TPSA) is 59.8 Å². The zero-order valence-electron chi connectivity index (χ0n) is 13.5. The highest BCUT2D eigenvalue weighted by molar-refractivity contribution is 7.09. The highest BCUT2D eigenvalue weighted by Gasteiger charge is 2.12. The van der Waals surface area contributed by atoms with E-state index in [4.69, 9.17) is 0 Å². The van der Waals surface area contributed by atoms with Gasteiger partial charge in [0.25, 0.3) is 5.56 Å². The van der Waals surface area contributed by atoms with Gasteiger partial charge in [0.15, 0.2) is 0 Å². The first-order chi connectivity index (χ1) is 11.1. The maximum Gasteiger partial charge on any atom is 0.261 e. The van der Waals surface area contributed by atoms with Crippen molar-refractivity contribution in [2.45, 2.75) is 32.9 Å². The number of benzene rings is 1. The van der Waals surface area contributed by atoms with Crippen molar-refractivity contribution in [3.63, 3.8) is 0 Å². The van der Waals surface area contributed by atoms with Gasteiger partial charge in [0.05, 0.1) is 28.1 Å². The third-order valence-electron chi connectivity index (χ3n) is 3.96. The van der Waals surface area contributed by atoms with E-state index in [-0.39, 0.29) is 11.6 Å². The average molecular weight is 328 g/mol. The molecule has 3 aromatic rings. The molecular weight excluding hydrogens is 308 g/mol. The number of aryl methyl sites for hydroxylation is 1. The maximum absolute atomic E-state index is 12.4. The van der Waals surface area contributed by atoms with Crippen LogP contribution < -0.4 is 10.9 Å². The second-order valence-electron chi connectivity index (χ2n) is 5.53. The Bertz CT molecular complexity index is 884. The van der Waals surface area contributed by atoms with Gasteiger partial charge in [-0.3, -0.25) is 9.36 Å². The van der Waals surface area contributed by atoms with Crippen molar-refractivity contribution >= 4 is 22.2 Å². The van der Waals surface area contributed by atoms with Gasteiger partial charge in [0.2, 0.25) is 0 Å². The van der Waals surface area contributed by atoms with E-state index < -0.39 is 0 Å². The summed E-state index contributed by atoms with van der Waals surface area (Å²) >= 11 is 1.69. The molecule has 1 N–H and O–H groups in total. The molecule has 0 bridgehead atoms. The van der Waals surface area contributed by atoms with Crippen LogP contribution in [0.5, 0.6) is 0 Å². The molecule has 0 fully saturated rings. The summed E-state index contributed by atoms with van der Waals surface area (Å²) in [4.78, 5) is 21.6. The van der Waals surface area contributed by atoms with Crippen LogP contribution in [-0.2, 0) is 20.0 Å². The normalized spacial score (nSPS) is 12.7. The van der Waals surface area contributed by atoms with Gasteiger partial charge in [0, 0.05) is 18.5 Å². The zero-order valence-corrected chi connectivity index (χ0v) is 14.4. The number of para-hydroxylation sites is 1. The number of nitrogens with one attached hydrogen (secondary N) is 1. The quantitative estimate of drug-likeness (QED) is 0.782. The molecule has 2 aromatic heterocycles. The summed E-state index contributed by atoms with van der Waals surface area (Å²) in [6.45, 7) is 4.71. The summed E-state index contributed by atoms with van der Waals surface area (Å²) in [5.41, 5.74) is 1.77. The molecular formula is C17H20N4OS. The molecule has 0 saturated carbocycles. The molecule has 5 nitrogen and oxygen atoms in total. The molecule has 1 aromatic carbocycles. The van der Waals surface area contributed by atoms with Crippen molar-refractivity contribution in [3.05, 3.63) is 56.5 Å². The van der Waals surface area contributed by atoms with E-state index in [9.17, 15) is 4.79 Å². The van der Waals surface area contributed by atoms with E-state index in [0.717, 1.165) is 28.5 Å². The van der Waals surface area contributed by atoms with E-state index in [1.165, 1.54) is 0 Å². The summed E-state index contributed by atoms with van der Waals surface area (Å²) in [7, 11) is 1.77. The second kappa shape index (κ2) is 6.60. The molecule has 0 unspecified atom stereocenters. The minimum atomic E-state index is -0.0121. The van der Waals surface area contributed by atoms with Gasteiger partial charge in [-0.15, -0.1) is 11.3 Å².